The first-order chi connectivity index (χ1) is 14.4. The lowest BCUT2D eigenvalue weighted by Crippen LogP contribution is -2.56. The summed E-state index contributed by atoms with van der Waals surface area (Å²) in [4.78, 5) is 29.4. The highest BCUT2D eigenvalue weighted by Gasteiger charge is 2.50. The third-order valence-electron chi connectivity index (χ3n) is 7.42. The molecule has 6 heteroatoms. The molecule has 4 fully saturated rings. The van der Waals surface area contributed by atoms with E-state index in [2.05, 4.69) is 10.3 Å². The number of hydrogen-bond acceptors (Lipinski definition) is 4. The van der Waals surface area contributed by atoms with Gasteiger partial charge in [-0.05, 0) is 74.8 Å². The molecule has 4 aliphatic carbocycles. The molecule has 6 nitrogen and oxygen atoms in total. The molecule has 2 N–H and O–H groups in total. The number of ether oxygens (including phenoxy) is 1. The molecule has 0 radical (unpaired) electrons. The molecule has 1 unspecified atom stereocenters. The first kappa shape index (κ1) is 19.3. The Balaban J connectivity index is 1.29. The van der Waals surface area contributed by atoms with Crippen molar-refractivity contribution in [3.8, 4) is 0 Å². The van der Waals surface area contributed by atoms with Crippen molar-refractivity contribution >= 4 is 23.0 Å². The Morgan fingerprint density at radius 3 is 2.40 bits per heavy atom. The lowest BCUT2D eigenvalue weighted by Gasteiger charge is -2.53. The van der Waals surface area contributed by atoms with E-state index in [1.165, 1.54) is 13.3 Å². The Labute approximate surface area is 176 Å². The number of aliphatic carboxylic acids is 1. The zero-order valence-electron chi connectivity index (χ0n) is 17.2. The number of alkyl carbamates (subject to hydrolysis) is 1. The van der Waals surface area contributed by atoms with E-state index < -0.39 is 17.6 Å². The normalized spacial score (nSPS) is 31.3. The molecule has 4 bridgehead atoms. The highest BCUT2D eigenvalue weighted by Crippen LogP contribution is 2.54. The van der Waals surface area contributed by atoms with Crippen LogP contribution in [0.2, 0.25) is 0 Å². The molecular formula is C24H28N2O4. The molecule has 30 heavy (non-hydrogen) atoms. The summed E-state index contributed by atoms with van der Waals surface area (Å²) >= 11 is 0. The second-order valence-corrected chi connectivity index (χ2v) is 9.73. The maximum Gasteiger partial charge on any atom is 0.408 e. The Bertz CT molecular complexity index is 962. The molecular weight excluding hydrogens is 380 g/mol. The van der Waals surface area contributed by atoms with Crippen molar-refractivity contribution in [3.05, 3.63) is 42.1 Å². The number of rotatable bonds is 5. The van der Waals surface area contributed by atoms with Gasteiger partial charge in [0.25, 0.3) is 0 Å². The molecule has 1 amide bonds. The van der Waals surface area contributed by atoms with E-state index in [1.54, 1.807) is 0 Å². The Morgan fingerprint density at radius 2 is 1.73 bits per heavy atom. The lowest BCUT2D eigenvalue weighted by atomic mass is 9.55. The largest absolute Gasteiger partial charge is 0.480 e. The van der Waals surface area contributed by atoms with Crippen molar-refractivity contribution in [2.24, 2.45) is 23.7 Å². The Hall–Kier alpha value is -2.63. The topological polar surface area (TPSA) is 88.5 Å². The number of carbonyl (C=O) groups excluding carboxylic acids is 1. The predicted octanol–water partition coefficient (Wildman–Crippen LogP) is 4.17. The van der Waals surface area contributed by atoms with Crippen LogP contribution in [0.4, 0.5) is 4.79 Å². The van der Waals surface area contributed by atoms with Gasteiger partial charge in [0.05, 0.1) is 5.52 Å². The molecule has 0 spiro atoms. The smallest absolute Gasteiger partial charge is 0.408 e. The number of benzene rings is 1. The van der Waals surface area contributed by atoms with E-state index in [4.69, 9.17) is 4.74 Å². The average Bonchev–Trinajstić information content (AvgIpc) is 2.70. The van der Waals surface area contributed by atoms with E-state index in [0.29, 0.717) is 17.5 Å². The Morgan fingerprint density at radius 1 is 1.07 bits per heavy atom. The SMILES string of the molecule is CC(Cc1ccc2ccccc2n1)(NC(=O)OC1C2CC3CC(C2)CC1C3)C(=O)O. The van der Waals surface area contributed by atoms with Gasteiger partial charge in [0.2, 0.25) is 0 Å². The summed E-state index contributed by atoms with van der Waals surface area (Å²) < 4.78 is 5.85. The summed E-state index contributed by atoms with van der Waals surface area (Å²) in [7, 11) is 0. The minimum absolute atomic E-state index is 0.0744. The molecule has 1 aromatic carbocycles. The first-order valence-corrected chi connectivity index (χ1v) is 11.0. The summed E-state index contributed by atoms with van der Waals surface area (Å²) in [5.74, 6) is 1.35. The molecule has 2 aromatic rings. The van der Waals surface area contributed by atoms with Gasteiger partial charge in [0.1, 0.15) is 11.6 Å². The monoisotopic (exact) mass is 408 g/mol. The number of nitrogens with zero attached hydrogens (tertiary/aromatic N) is 1. The molecule has 1 atom stereocenters. The number of fused-ring (bicyclic) bond motifs is 1. The van der Waals surface area contributed by atoms with Crippen LogP contribution in [0.1, 0.15) is 44.7 Å². The van der Waals surface area contributed by atoms with Crippen LogP contribution in [0.5, 0.6) is 0 Å². The van der Waals surface area contributed by atoms with Crippen LogP contribution in [-0.4, -0.2) is 33.8 Å². The van der Waals surface area contributed by atoms with Crippen LogP contribution >= 0.6 is 0 Å². The molecule has 4 saturated carbocycles. The van der Waals surface area contributed by atoms with Gasteiger partial charge in [-0.2, -0.15) is 0 Å². The highest BCUT2D eigenvalue weighted by molar-refractivity contribution is 5.84. The second-order valence-electron chi connectivity index (χ2n) is 9.73. The van der Waals surface area contributed by atoms with Gasteiger partial charge >= 0.3 is 12.1 Å². The summed E-state index contributed by atoms with van der Waals surface area (Å²) in [6.07, 6.45) is 5.29. The molecule has 0 aliphatic heterocycles. The van der Waals surface area contributed by atoms with Crippen LogP contribution in [0.3, 0.4) is 0 Å². The fourth-order valence-electron chi connectivity index (χ4n) is 6.19. The van der Waals surface area contributed by atoms with Gasteiger partial charge in [0.15, 0.2) is 0 Å². The summed E-state index contributed by atoms with van der Waals surface area (Å²) in [5, 5.41) is 13.5. The maximum absolute atomic E-state index is 12.7. The third kappa shape index (κ3) is 3.53. The fourth-order valence-corrected chi connectivity index (χ4v) is 6.19. The van der Waals surface area contributed by atoms with Crippen LogP contribution in [0, 0.1) is 23.7 Å². The van der Waals surface area contributed by atoms with E-state index in [0.717, 1.165) is 48.4 Å². The minimum atomic E-state index is -1.49. The number of pyridine rings is 1. The quantitative estimate of drug-likeness (QED) is 0.775. The van der Waals surface area contributed by atoms with Gasteiger partial charge in [-0.1, -0.05) is 24.3 Å². The predicted molar refractivity (Wildman–Crippen MR) is 112 cm³/mol. The van der Waals surface area contributed by atoms with Gasteiger partial charge < -0.3 is 15.2 Å². The number of para-hydroxylation sites is 1. The van der Waals surface area contributed by atoms with E-state index in [-0.39, 0.29) is 12.5 Å². The minimum Gasteiger partial charge on any atom is -0.480 e. The van der Waals surface area contributed by atoms with Crippen molar-refractivity contribution in [1.82, 2.24) is 10.3 Å². The van der Waals surface area contributed by atoms with Gasteiger partial charge in [-0.15, -0.1) is 0 Å². The van der Waals surface area contributed by atoms with Crippen molar-refractivity contribution in [2.45, 2.75) is 57.1 Å². The highest BCUT2D eigenvalue weighted by atomic mass is 16.6. The molecule has 1 heterocycles. The lowest BCUT2D eigenvalue weighted by molar-refractivity contribution is -0.144. The number of aromatic nitrogens is 1. The number of hydrogen-bond donors (Lipinski definition) is 2. The van der Waals surface area contributed by atoms with Crippen LogP contribution in [0.15, 0.2) is 36.4 Å². The molecule has 6 rings (SSSR count). The number of carboxylic acids is 1. The first-order valence-electron chi connectivity index (χ1n) is 11.0. The van der Waals surface area contributed by atoms with E-state index in [1.807, 2.05) is 36.4 Å². The standard InChI is InChI=1S/C24H28N2O4/c1-24(22(27)28,13-19-7-6-16-4-2-3-5-20(16)25-19)26-23(29)30-21-17-9-14-8-15(11-17)12-18(21)10-14/h2-7,14-15,17-18,21H,8-13H2,1H3,(H,26,29)(H,27,28). The van der Waals surface area contributed by atoms with E-state index in [9.17, 15) is 14.7 Å². The van der Waals surface area contributed by atoms with Gasteiger partial charge in [0, 0.05) is 17.5 Å². The zero-order chi connectivity index (χ0) is 20.9. The van der Waals surface area contributed by atoms with Crippen molar-refractivity contribution < 1.29 is 19.4 Å². The van der Waals surface area contributed by atoms with Crippen molar-refractivity contribution in [2.75, 3.05) is 0 Å². The molecule has 0 saturated heterocycles. The number of nitrogens with one attached hydrogen (secondary N) is 1. The summed E-state index contributed by atoms with van der Waals surface area (Å²) in [6, 6.07) is 11.4. The van der Waals surface area contributed by atoms with E-state index >= 15 is 0 Å². The summed E-state index contributed by atoms with van der Waals surface area (Å²) in [6.45, 7) is 1.52. The van der Waals surface area contributed by atoms with Gasteiger partial charge in [-0.3, -0.25) is 4.98 Å². The fraction of sp³-hybridized carbons (Fsp3) is 0.542. The molecule has 158 valence electrons. The van der Waals surface area contributed by atoms with Crippen molar-refractivity contribution in [3.63, 3.8) is 0 Å². The van der Waals surface area contributed by atoms with Crippen LogP contribution in [-0.2, 0) is 16.0 Å². The molecule has 4 aliphatic rings. The average molecular weight is 408 g/mol. The number of carbonyl (C=O) groups is 2. The van der Waals surface area contributed by atoms with Crippen LogP contribution < -0.4 is 5.32 Å². The number of amides is 1. The zero-order valence-corrected chi connectivity index (χ0v) is 17.2. The summed E-state index contributed by atoms with van der Waals surface area (Å²) in [5.41, 5.74) is -0.0641. The maximum atomic E-state index is 12.7. The van der Waals surface area contributed by atoms with Crippen molar-refractivity contribution in [1.29, 1.82) is 0 Å². The third-order valence-corrected chi connectivity index (χ3v) is 7.42. The number of carboxylic acid groups (broad SMARTS) is 1. The van der Waals surface area contributed by atoms with Crippen LogP contribution in [0.25, 0.3) is 10.9 Å². The second kappa shape index (κ2) is 7.25. The Kier molecular flexibility index (Phi) is 4.68. The molecule has 1 aromatic heterocycles. The van der Waals surface area contributed by atoms with Gasteiger partial charge in [-0.25, -0.2) is 9.59 Å².